The molecule has 5 nitrogen and oxygen atoms in total. The fourth-order valence-corrected chi connectivity index (χ4v) is 2.36. The van der Waals surface area contributed by atoms with Crippen molar-refractivity contribution in [3.63, 3.8) is 0 Å². The lowest BCUT2D eigenvalue weighted by Gasteiger charge is -2.44. The number of carboxylic acids is 1. The van der Waals surface area contributed by atoms with Crippen molar-refractivity contribution >= 4 is 29.0 Å². The third kappa shape index (κ3) is 2.12. The van der Waals surface area contributed by atoms with E-state index in [0.29, 0.717) is 0 Å². The Morgan fingerprint density at radius 3 is 1.93 bits per heavy atom. The molecule has 0 amide bonds. The lowest BCUT2D eigenvalue weighted by atomic mass is 9.58. The van der Waals surface area contributed by atoms with E-state index in [0.717, 1.165) is 0 Å². The number of rotatable bonds is 2. The topological polar surface area (TPSA) is 80.7 Å². The fraction of sp³-hybridized carbons (Fsp3) is 0.667. The van der Waals surface area contributed by atoms with Crippen molar-refractivity contribution in [3.05, 3.63) is 0 Å². The van der Waals surface area contributed by atoms with Gasteiger partial charge in [-0.3, -0.25) is 9.59 Å². The van der Waals surface area contributed by atoms with Gasteiger partial charge < -0.3 is 9.84 Å². The number of halogens is 1. The van der Waals surface area contributed by atoms with Gasteiger partial charge in [-0.25, -0.2) is 4.79 Å². The van der Waals surface area contributed by atoms with Gasteiger partial charge in [0.1, 0.15) is 0 Å². The number of aliphatic carboxylic acids is 1. The van der Waals surface area contributed by atoms with Gasteiger partial charge in [0.05, 0.1) is 11.8 Å². The molecule has 1 aliphatic carbocycles. The van der Waals surface area contributed by atoms with Gasteiger partial charge in [-0.1, -0.05) is 13.8 Å². The number of hydrogen-bond donors (Lipinski definition) is 1. The number of carbonyl (C=O) groups excluding carboxylic acids is 2. The first-order valence-electron chi connectivity index (χ1n) is 4.50. The Morgan fingerprint density at radius 1 is 1.13 bits per heavy atom. The van der Waals surface area contributed by atoms with E-state index in [1.165, 1.54) is 0 Å². The SMILES string of the molecule is CC1C(C(=O)O)C(C)C1C(=O)OC(=O)Cl. The van der Waals surface area contributed by atoms with Crippen LogP contribution in [-0.2, 0) is 14.3 Å². The Hall–Kier alpha value is -1.10. The summed E-state index contributed by atoms with van der Waals surface area (Å²) in [5.74, 6) is -3.47. The molecular weight excluding hydrogens is 224 g/mol. The van der Waals surface area contributed by atoms with Crippen LogP contribution in [0.3, 0.4) is 0 Å². The van der Waals surface area contributed by atoms with Crippen molar-refractivity contribution in [1.29, 1.82) is 0 Å². The lowest BCUT2D eigenvalue weighted by Crippen LogP contribution is -2.52. The minimum absolute atomic E-state index is 0.332. The quantitative estimate of drug-likeness (QED) is 0.445. The van der Waals surface area contributed by atoms with Crippen LogP contribution in [0.1, 0.15) is 13.8 Å². The average Bonchev–Trinajstić information content (AvgIpc) is 2.00. The Balaban J connectivity index is 2.64. The van der Waals surface area contributed by atoms with Crippen molar-refractivity contribution < 1.29 is 24.2 Å². The summed E-state index contributed by atoms with van der Waals surface area (Å²) < 4.78 is 4.22. The summed E-state index contributed by atoms with van der Waals surface area (Å²) in [5, 5.41) is 8.81. The molecule has 2 atom stereocenters. The predicted octanol–water partition coefficient (Wildman–Crippen LogP) is 1.49. The first-order chi connectivity index (χ1) is 6.86. The minimum Gasteiger partial charge on any atom is -0.481 e. The van der Waals surface area contributed by atoms with Crippen molar-refractivity contribution in [3.8, 4) is 0 Å². The van der Waals surface area contributed by atoms with E-state index in [4.69, 9.17) is 16.7 Å². The van der Waals surface area contributed by atoms with Crippen LogP contribution in [0.15, 0.2) is 0 Å². The highest BCUT2D eigenvalue weighted by atomic mass is 35.5. The zero-order valence-corrected chi connectivity index (χ0v) is 9.02. The van der Waals surface area contributed by atoms with Crippen LogP contribution >= 0.6 is 11.6 Å². The van der Waals surface area contributed by atoms with Crippen LogP contribution in [0, 0.1) is 23.7 Å². The highest BCUT2D eigenvalue weighted by Gasteiger charge is 2.53. The van der Waals surface area contributed by atoms with Crippen LogP contribution < -0.4 is 0 Å². The molecule has 0 heterocycles. The molecule has 0 bridgehead atoms. The van der Waals surface area contributed by atoms with Gasteiger partial charge in [0, 0.05) is 11.6 Å². The largest absolute Gasteiger partial charge is 0.481 e. The van der Waals surface area contributed by atoms with Gasteiger partial charge in [-0.2, -0.15) is 0 Å². The summed E-state index contributed by atoms with van der Waals surface area (Å²) in [6, 6.07) is 0. The van der Waals surface area contributed by atoms with E-state index in [2.05, 4.69) is 4.74 Å². The van der Waals surface area contributed by atoms with Gasteiger partial charge in [-0.15, -0.1) is 0 Å². The third-order valence-corrected chi connectivity index (χ3v) is 3.08. The highest BCUT2D eigenvalue weighted by molar-refractivity contribution is 6.61. The molecule has 6 heteroatoms. The summed E-state index contributed by atoms with van der Waals surface area (Å²) in [6.45, 7) is 3.28. The molecule has 0 spiro atoms. The van der Waals surface area contributed by atoms with E-state index in [9.17, 15) is 14.4 Å². The number of ether oxygens (including phenoxy) is 1. The zero-order valence-electron chi connectivity index (χ0n) is 8.27. The molecule has 0 aromatic rings. The molecule has 0 saturated heterocycles. The zero-order chi connectivity index (χ0) is 11.7. The van der Waals surface area contributed by atoms with Crippen LogP contribution in [0.25, 0.3) is 0 Å². The monoisotopic (exact) mass is 234 g/mol. The molecule has 1 aliphatic rings. The van der Waals surface area contributed by atoms with E-state index in [1.54, 1.807) is 13.8 Å². The van der Waals surface area contributed by atoms with Gasteiger partial charge in [-0.05, 0) is 11.8 Å². The van der Waals surface area contributed by atoms with Crippen molar-refractivity contribution in [2.24, 2.45) is 23.7 Å². The molecule has 0 aromatic heterocycles. The molecule has 0 radical (unpaired) electrons. The summed E-state index contributed by atoms with van der Waals surface area (Å²) >= 11 is 4.89. The van der Waals surface area contributed by atoms with E-state index in [-0.39, 0.29) is 11.8 Å². The second-order valence-electron chi connectivity index (χ2n) is 3.77. The standard InChI is InChI=1S/C9H11ClO5/c1-3-5(7(11)12)4(2)6(3)8(13)15-9(10)14/h3-6H,1-2H3,(H,11,12). The first-order valence-corrected chi connectivity index (χ1v) is 4.88. The minimum atomic E-state index is -1.18. The maximum atomic E-state index is 11.3. The summed E-state index contributed by atoms with van der Waals surface area (Å²) in [4.78, 5) is 32.4. The lowest BCUT2D eigenvalue weighted by molar-refractivity contribution is -0.168. The molecule has 0 aliphatic heterocycles. The number of esters is 1. The molecule has 15 heavy (non-hydrogen) atoms. The summed E-state index contributed by atoms with van der Waals surface area (Å²) in [7, 11) is 0. The first kappa shape index (κ1) is 12.0. The van der Waals surface area contributed by atoms with Gasteiger partial charge in [0.25, 0.3) is 0 Å². The van der Waals surface area contributed by atoms with E-state index >= 15 is 0 Å². The molecule has 0 aromatic carbocycles. The predicted molar refractivity (Wildman–Crippen MR) is 50.3 cm³/mol. The molecule has 1 fully saturated rings. The van der Waals surface area contributed by atoms with E-state index in [1.807, 2.05) is 0 Å². The van der Waals surface area contributed by atoms with Crippen molar-refractivity contribution in [1.82, 2.24) is 0 Å². The van der Waals surface area contributed by atoms with Crippen molar-refractivity contribution in [2.45, 2.75) is 13.8 Å². The Labute approximate surface area is 91.3 Å². The maximum absolute atomic E-state index is 11.3. The molecule has 1 saturated carbocycles. The third-order valence-electron chi connectivity index (χ3n) is 3.00. The van der Waals surface area contributed by atoms with Crippen molar-refractivity contribution in [2.75, 3.05) is 0 Å². The smallest absolute Gasteiger partial charge is 0.411 e. The summed E-state index contributed by atoms with van der Waals surface area (Å²) in [6.07, 6.45) is 0. The Morgan fingerprint density at radius 2 is 1.60 bits per heavy atom. The van der Waals surface area contributed by atoms with Crippen LogP contribution in [-0.4, -0.2) is 22.5 Å². The number of hydrogen-bond acceptors (Lipinski definition) is 4. The average molecular weight is 235 g/mol. The molecule has 84 valence electrons. The maximum Gasteiger partial charge on any atom is 0.411 e. The van der Waals surface area contributed by atoms with Crippen LogP contribution in [0.2, 0.25) is 0 Å². The van der Waals surface area contributed by atoms with Gasteiger partial charge >= 0.3 is 17.4 Å². The fourth-order valence-electron chi connectivity index (χ4n) is 2.29. The molecular formula is C9H11ClO5. The van der Waals surface area contributed by atoms with Crippen LogP contribution in [0.5, 0.6) is 0 Å². The second-order valence-corrected chi connectivity index (χ2v) is 4.08. The Bertz CT molecular complexity index is 304. The van der Waals surface area contributed by atoms with E-state index < -0.39 is 29.2 Å². The summed E-state index contributed by atoms with van der Waals surface area (Å²) in [5.41, 5.74) is -1.18. The Kier molecular flexibility index (Phi) is 3.34. The molecule has 1 rings (SSSR count). The highest BCUT2D eigenvalue weighted by Crippen LogP contribution is 2.46. The van der Waals surface area contributed by atoms with Gasteiger partial charge in [0.15, 0.2) is 0 Å². The number of carboxylic acid groups (broad SMARTS) is 1. The number of carbonyl (C=O) groups is 3. The molecule has 1 N–H and O–H groups in total. The van der Waals surface area contributed by atoms with Gasteiger partial charge in [0.2, 0.25) is 0 Å². The normalized spacial score (nSPS) is 34.1. The molecule has 2 unspecified atom stereocenters. The second kappa shape index (κ2) is 4.18. The van der Waals surface area contributed by atoms with Crippen LogP contribution in [0.4, 0.5) is 4.79 Å².